The Bertz CT molecular complexity index is 646. The number of pyridine rings is 1. The second kappa shape index (κ2) is 7.66. The molecule has 0 bridgehead atoms. The van der Waals surface area contributed by atoms with Gasteiger partial charge in [0.25, 0.3) is 0 Å². The fourth-order valence-corrected chi connectivity index (χ4v) is 2.09. The molecular weight excluding hydrogens is 300 g/mol. The Morgan fingerprint density at radius 1 is 1.14 bits per heavy atom. The van der Waals surface area contributed by atoms with E-state index in [9.17, 15) is 4.79 Å². The molecule has 1 heterocycles. The fourth-order valence-electron chi connectivity index (χ4n) is 1.88. The van der Waals surface area contributed by atoms with Gasteiger partial charge in [0.15, 0.2) is 0 Å². The Morgan fingerprint density at radius 3 is 2.59 bits per heavy atom. The van der Waals surface area contributed by atoms with Crippen LogP contribution in [0.1, 0.15) is 11.3 Å². The van der Waals surface area contributed by atoms with E-state index in [0.29, 0.717) is 18.1 Å². The summed E-state index contributed by atoms with van der Waals surface area (Å²) in [5.74, 6) is 0.860. The lowest BCUT2D eigenvalue weighted by molar-refractivity contribution is 0.240. The van der Waals surface area contributed by atoms with E-state index in [1.54, 1.807) is 6.07 Å². The monoisotopic (exact) mass is 318 g/mol. The van der Waals surface area contributed by atoms with Crippen molar-refractivity contribution in [3.8, 4) is 0 Å². The number of hydrogen-bond acceptors (Lipinski definition) is 3. The molecule has 2 N–H and O–H groups in total. The first-order valence-corrected chi connectivity index (χ1v) is 7.32. The molecule has 0 fully saturated rings. The molecule has 5 nitrogen and oxygen atoms in total. The van der Waals surface area contributed by atoms with Gasteiger partial charge in [-0.05, 0) is 29.8 Å². The number of nitrogens with zero attached hydrogens (tertiary/aromatic N) is 2. The van der Waals surface area contributed by atoms with Crippen LogP contribution in [0.4, 0.5) is 10.6 Å². The number of urea groups is 1. The van der Waals surface area contributed by atoms with Gasteiger partial charge >= 0.3 is 6.03 Å². The van der Waals surface area contributed by atoms with Crippen LogP contribution in [-0.2, 0) is 13.1 Å². The molecule has 1 aromatic heterocycles. The summed E-state index contributed by atoms with van der Waals surface area (Å²) in [6, 6.07) is 12.9. The summed E-state index contributed by atoms with van der Waals surface area (Å²) in [6.07, 6.45) is 0. The lowest BCUT2D eigenvalue weighted by atomic mass is 10.2. The Morgan fingerprint density at radius 2 is 1.86 bits per heavy atom. The van der Waals surface area contributed by atoms with Crippen molar-refractivity contribution >= 4 is 23.4 Å². The van der Waals surface area contributed by atoms with Gasteiger partial charge in [0.1, 0.15) is 5.82 Å². The van der Waals surface area contributed by atoms with Crippen LogP contribution in [0.25, 0.3) is 0 Å². The lowest BCUT2D eigenvalue weighted by Crippen LogP contribution is -2.34. The van der Waals surface area contributed by atoms with Crippen molar-refractivity contribution in [3.63, 3.8) is 0 Å². The van der Waals surface area contributed by atoms with Gasteiger partial charge in [0.2, 0.25) is 0 Å². The predicted octanol–water partition coefficient (Wildman–Crippen LogP) is 2.80. The van der Waals surface area contributed by atoms with E-state index in [1.807, 2.05) is 55.4 Å². The summed E-state index contributed by atoms with van der Waals surface area (Å²) in [6.45, 7) is 0.806. The van der Waals surface area contributed by atoms with Crippen molar-refractivity contribution in [2.24, 2.45) is 0 Å². The van der Waals surface area contributed by atoms with Gasteiger partial charge in [-0.3, -0.25) is 0 Å². The Kier molecular flexibility index (Phi) is 5.61. The molecule has 22 heavy (non-hydrogen) atoms. The third-order valence-electron chi connectivity index (χ3n) is 3.02. The van der Waals surface area contributed by atoms with Gasteiger partial charge in [-0.1, -0.05) is 29.8 Å². The zero-order chi connectivity index (χ0) is 15.9. The van der Waals surface area contributed by atoms with Gasteiger partial charge in [-0.2, -0.15) is 0 Å². The third kappa shape index (κ3) is 4.93. The van der Waals surface area contributed by atoms with Crippen LogP contribution in [0, 0.1) is 0 Å². The average molecular weight is 319 g/mol. The van der Waals surface area contributed by atoms with Crippen molar-refractivity contribution in [1.82, 2.24) is 15.6 Å². The number of anilines is 1. The van der Waals surface area contributed by atoms with Gasteiger partial charge < -0.3 is 15.5 Å². The van der Waals surface area contributed by atoms with Crippen LogP contribution in [0.3, 0.4) is 0 Å². The van der Waals surface area contributed by atoms with Crippen LogP contribution in [0.15, 0.2) is 42.5 Å². The highest BCUT2D eigenvalue weighted by molar-refractivity contribution is 6.30. The highest BCUT2D eigenvalue weighted by Crippen LogP contribution is 2.10. The van der Waals surface area contributed by atoms with E-state index in [-0.39, 0.29) is 6.03 Å². The maximum atomic E-state index is 11.8. The summed E-state index contributed by atoms with van der Waals surface area (Å²) in [7, 11) is 3.86. The topological polar surface area (TPSA) is 57.3 Å². The summed E-state index contributed by atoms with van der Waals surface area (Å²) < 4.78 is 0. The molecule has 0 saturated carbocycles. The number of nitrogens with one attached hydrogen (secondary N) is 2. The number of carbonyl (C=O) groups is 1. The Labute approximate surface area is 135 Å². The van der Waals surface area contributed by atoms with Crippen LogP contribution in [-0.4, -0.2) is 25.1 Å². The van der Waals surface area contributed by atoms with E-state index in [0.717, 1.165) is 17.1 Å². The smallest absolute Gasteiger partial charge is 0.315 e. The third-order valence-corrected chi connectivity index (χ3v) is 3.26. The highest BCUT2D eigenvalue weighted by Gasteiger charge is 2.03. The molecule has 0 unspecified atom stereocenters. The molecule has 0 aliphatic heterocycles. The van der Waals surface area contributed by atoms with Crippen molar-refractivity contribution in [1.29, 1.82) is 0 Å². The number of amides is 2. The second-order valence-electron chi connectivity index (χ2n) is 5.05. The molecule has 1 aromatic carbocycles. The second-order valence-corrected chi connectivity index (χ2v) is 5.48. The molecule has 2 aromatic rings. The molecular formula is C16H19ClN4O. The molecule has 0 saturated heterocycles. The van der Waals surface area contributed by atoms with Crippen LogP contribution in [0.5, 0.6) is 0 Å². The van der Waals surface area contributed by atoms with Crippen molar-refractivity contribution in [2.75, 3.05) is 19.0 Å². The standard InChI is InChI=1S/C16H19ClN4O/c1-21(2)15-8-4-7-14(20-15)11-19-16(22)18-10-12-5-3-6-13(17)9-12/h3-9H,10-11H2,1-2H3,(H2,18,19,22). The fraction of sp³-hybridized carbons (Fsp3) is 0.250. The van der Waals surface area contributed by atoms with Crippen LogP contribution in [0.2, 0.25) is 5.02 Å². The maximum Gasteiger partial charge on any atom is 0.315 e. The number of aromatic nitrogens is 1. The summed E-state index contributed by atoms with van der Waals surface area (Å²) in [4.78, 5) is 18.2. The van der Waals surface area contributed by atoms with Crippen molar-refractivity contribution in [3.05, 3.63) is 58.7 Å². The number of carbonyl (C=O) groups excluding carboxylic acids is 1. The lowest BCUT2D eigenvalue weighted by Gasteiger charge is -2.12. The molecule has 116 valence electrons. The Hall–Kier alpha value is -2.27. The molecule has 0 aliphatic carbocycles. The number of benzene rings is 1. The predicted molar refractivity (Wildman–Crippen MR) is 89.1 cm³/mol. The molecule has 0 spiro atoms. The first-order chi connectivity index (χ1) is 10.5. The first kappa shape index (κ1) is 16.1. The van der Waals surface area contributed by atoms with Crippen molar-refractivity contribution < 1.29 is 4.79 Å². The van der Waals surface area contributed by atoms with Gasteiger partial charge in [-0.15, -0.1) is 0 Å². The van der Waals surface area contributed by atoms with Gasteiger partial charge in [0, 0.05) is 25.7 Å². The van der Waals surface area contributed by atoms with E-state index < -0.39 is 0 Å². The maximum absolute atomic E-state index is 11.8. The average Bonchev–Trinajstić information content (AvgIpc) is 2.51. The van der Waals surface area contributed by atoms with E-state index in [1.165, 1.54) is 0 Å². The summed E-state index contributed by atoms with van der Waals surface area (Å²) >= 11 is 5.90. The minimum atomic E-state index is -0.239. The molecule has 6 heteroatoms. The molecule has 0 aliphatic rings. The van der Waals surface area contributed by atoms with Crippen LogP contribution < -0.4 is 15.5 Å². The van der Waals surface area contributed by atoms with Crippen molar-refractivity contribution in [2.45, 2.75) is 13.1 Å². The minimum absolute atomic E-state index is 0.239. The minimum Gasteiger partial charge on any atom is -0.363 e. The van der Waals surface area contributed by atoms with Gasteiger partial charge in [-0.25, -0.2) is 9.78 Å². The molecule has 2 amide bonds. The Balaban J connectivity index is 1.81. The normalized spacial score (nSPS) is 10.1. The quantitative estimate of drug-likeness (QED) is 0.891. The molecule has 2 rings (SSSR count). The summed E-state index contributed by atoms with van der Waals surface area (Å²) in [5, 5.41) is 6.23. The largest absolute Gasteiger partial charge is 0.363 e. The molecule has 0 radical (unpaired) electrons. The zero-order valence-corrected chi connectivity index (χ0v) is 13.4. The highest BCUT2D eigenvalue weighted by atomic mass is 35.5. The zero-order valence-electron chi connectivity index (χ0n) is 12.6. The summed E-state index contributed by atoms with van der Waals surface area (Å²) in [5.41, 5.74) is 1.76. The number of hydrogen-bond donors (Lipinski definition) is 2. The SMILES string of the molecule is CN(C)c1cccc(CNC(=O)NCc2cccc(Cl)c2)n1. The van der Waals surface area contributed by atoms with E-state index in [4.69, 9.17) is 11.6 Å². The van der Waals surface area contributed by atoms with E-state index >= 15 is 0 Å². The molecule has 0 atom stereocenters. The first-order valence-electron chi connectivity index (χ1n) is 6.94. The number of halogens is 1. The van der Waals surface area contributed by atoms with Crippen LogP contribution >= 0.6 is 11.6 Å². The van der Waals surface area contributed by atoms with E-state index in [2.05, 4.69) is 15.6 Å². The van der Waals surface area contributed by atoms with Gasteiger partial charge in [0.05, 0.1) is 12.2 Å². The number of rotatable bonds is 5.